The molecule has 0 saturated heterocycles. The number of H-pyrrole nitrogens is 1. The van der Waals surface area contributed by atoms with E-state index in [1.165, 1.54) is 0 Å². The number of nitrogens with one attached hydrogen (secondary N) is 1. The van der Waals surface area contributed by atoms with E-state index in [1.54, 1.807) is 0 Å². The van der Waals surface area contributed by atoms with Crippen molar-refractivity contribution in [1.82, 2.24) is 4.98 Å². The van der Waals surface area contributed by atoms with E-state index in [0.29, 0.717) is 0 Å². The van der Waals surface area contributed by atoms with Crippen LogP contribution in [0.4, 0.5) is 0 Å². The Hall–Kier alpha value is -0.760. The summed E-state index contributed by atoms with van der Waals surface area (Å²) in [6.07, 6.45) is 1.90. The molecule has 0 saturated carbocycles. The van der Waals surface area contributed by atoms with E-state index in [2.05, 4.69) is 25.8 Å². The summed E-state index contributed by atoms with van der Waals surface area (Å²) < 4.78 is 0. The second-order valence-corrected chi connectivity index (χ2v) is 3.97. The minimum atomic E-state index is 0.0949. The van der Waals surface area contributed by atoms with Crippen molar-refractivity contribution in [3.05, 3.63) is 24.0 Å². The fourth-order valence-corrected chi connectivity index (χ4v) is 1.00. The van der Waals surface area contributed by atoms with Gasteiger partial charge in [0.15, 0.2) is 0 Å². The van der Waals surface area contributed by atoms with Gasteiger partial charge < -0.3 is 10.7 Å². The van der Waals surface area contributed by atoms with Crippen LogP contribution in [0.3, 0.4) is 0 Å². The van der Waals surface area contributed by atoms with Crippen LogP contribution in [0.5, 0.6) is 0 Å². The van der Waals surface area contributed by atoms with Crippen molar-refractivity contribution in [2.24, 2.45) is 11.1 Å². The van der Waals surface area contributed by atoms with Gasteiger partial charge in [-0.15, -0.1) is 0 Å². The molecule has 0 radical (unpaired) electrons. The van der Waals surface area contributed by atoms with Crippen LogP contribution in [0.15, 0.2) is 18.3 Å². The standard InChI is InChI=1S/C9H16N2/c1-9(2,3)8(10)7-5-4-6-11-7/h4-6,8,11H,10H2,1-3H3/t8-/m1/s1. The first-order valence-corrected chi connectivity index (χ1v) is 3.90. The predicted octanol–water partition coefficient (Wildman–Crippen LogP) is 2.06. The van der Waals surface area contributed by atoms with Gasteiger partial charge in [0.25, 0.3) is 0 Å². The number of rotatable bonds is 1. The summed E-state index contributed by atoms with van der Waals surface area (Å²) in [5, 5.41) is 0. The molecule has 1 rings (SSSR count). The second-order valence-electron chi connectivity index (χ2n) is 3.97. The Bertz CT molecular complexity index is 206. The predicted molar refractivity (Wildman–Crippen MR) is 47.2 cm³/mol. The molecule has 2 nitrogen and oxygen atoms in total. The highest BCUT2D eigenvalue weighted by Crippen LogP contribution is 2.28. The third kappa shape index (κ3) is 1.84. The van der Waals surface area contributed by atoms with Gasteiger partial charge in [-0.25, -0.2) is 0 Å². The molecule has 2 heteroatoms. The lowest BCUT2D eigenvalue weighted by Gasteiger charge is -2.25. The summed E-state index contributed by atoms with van der Waals surface area (Å²) in [5.74, 6) is 0. The largest absolute Gasteiger partial charge is 0.364 e. The monoisotopic (exact) mass is 152 g/mol. The Morgan fingerprint density at radius 3 is 2.45 bits per heavy atom. The summed E-state index contributed by atoms with van der Waals surface area (Å²) in [5.41, 5.74) is 7.22. The van der Waals surface area contributed by atoms with Crippen LogP contribution >= 0.6 is 0 Å². The molecule has 0 bridgehead atoms. The van der Waals surface area contributed by atoms with Gasteiger partial charge in [-0.2, -0.15) is 0 Å². The normalized spacial score (nSPS) is 14.9. The van der Waals surface area contributed by atoms with Crippen LogP contribution in [0.1, 0.15) is 32.5 Å². The number of hydrogen-bond acceptors (Lipinski definition) is 1. The van der Waals surface area contributed by atoms with Crippen molar-refractivity contribution in [2.45, 2.75) is 26.8 Å². The van der Waals surface area contributed by atoms with Gasteiger partial charge in [-0.1, -0.05) is 20.8 Å². The Morgan fingerprint density at radius 1 is 1.45 bits per heavy atom. The molecule has 1 atom stereocenters. The van der Waals surface area contributed by atoms with E-state index < -0.39 is 0 Å². The average molecular weight is 152 g/mol. The molecule has 11 heavy (non-hydrogen) atoms. The van der Waals surface area contributed by atoms with Gasteiger partial charge in [0.2, 0.25) is 0 Å². The maximum Gasteiger partial charge on any atom is 0.0496 e. The Morgan fingerprint density at radius 2 is 2.09 bits per heavy atom. The highest BCUT2D eigenvalue weighted by atomic mass is 14.8. The molecule has 62 valence electrons. The van der Waals surface area contributed by atoms with Crippen LogP contribution in [-0.2, 0) is 0 Å². The Balaban J connectivity index is 2.78. The smallest absolute Gasteiger partial charge is 0.0496 e. The van der Waals surface area contributed by atoms with Crippen LogP contribution in [0.25, 0.3) is 0 Å². The fraction of sp³-hybridized carbons (Fsp3) is 0.556. The van der Waals surface area contributed by atoms with Gasteiger partial charge in [0.05, 0.1) is 0 Å². The number of aromatic nitrogens is 1. The van der Waals surface area contributed by atoms with Crippen LogP contribution in [0, 0.1) is 5.41 Å². The highest BCUT2D eigenvalue weighted by molar-refractivity contribution is 5.10. The molecule has 0 aliphatic carbocycles. The second kappa shape index (κ2) is 2.70. The van der Waals surface area contributed by atoms with Crippen molar-refractivity contribution in [1.29, 1.82) is 0 Å². The van der Waals surface area contributed by atoms with Crippen LogP contribution in [-0.4, -0.2) is 4.98 Å². The van der Waals surface area contributed by atoms with Crippen LogP contribution < -0.4 is 5.73 Å². The molecule has 0 spiro atoms. The summed E-state index contributed by atoms with van der Waals surface area (Å²) in [6, 6.07) is 4.09. The summed E-state index contributed by atoms with van der Waals surface area (Å²) >= 11 is 0. The molecule has 0 aliphatic rings. The molecule has 0 amide bonds. The van der Waals surface area contributed by atoms with Gasteiger partial charge in [0, 0.05) is 17.9 Å². The molecule has 0 fully saturated rings. The minimum absolute atomic E-state index is 0.0949. The quantitative estimate of drug-likeness (QED) is 0.635. The molecule has 1 aromatic heterocycles. The van der Waals surface area contributed by atoms with Gasteiger partial charge >= 0.3 is 0 Å². The third-order valence-corrected chi connectivity index (χ3v) is 1.89. The topological polar surface area (TPSA) is 41.8 Å². The lowest BCUT2D eigenvalue weighted by molar-refractivity contribution is 0.322. The van der Waals surface area contributed by atoms with Gasteiger partial charge in [-0.05, 0) is 17.5 Å². The zero-order valence-electron chi connectivity index (χ0n) is 7.39. The lowest BCUT2D eigenvalue weighted by atomic mass is 9.86. The summed E-state index contributed by atoms with van der Waals surface area (Å²) in [6.45, 7) is 6.41. The van der Waals surface area contributed by atoms with Crippen molar-refractivity contribution >= 4 is 0 Å². The number of hydrogen-bond donors (Lipinski definition) is 2. The lowest BCUT2D eigenvalue weighted by Crippen LogP contribution is -2.26. The first-order chi connectivity index (χ1) is 5.02. The zero-order chi connectivity index (χ0) is 8.48. The van der Waals surface area contributed by atoms with Gasteiger partial charge in [0.1, 0.15) is 0 Å². The molecule has 3 N–H and O–H groups in total. The first kappa shape index (κ1) is 8.34. The molecule has 1 aromatic rings. The molecule has 0 unspecified atom stereocenters. The molecular formula is C9H16N2. The molecule has 0 aliphatic heterocycles. The zero-order valence-corrected chi connectivity index (χ0v) is 7.39. The van der Waals surface area contributed by atoms with Crippen molar-refractivity contribution in [3.8, 4) is 0 Å². The van der Waals surface area contributed by atoms with E-state index in [0.717, 1.165) is 5.69 Å². The van der Waals surface area contributed by atoms with E-state index in [4.69, 9.17) is 5.73 Å². The minimum Gasteiger partial charge on any atom is -0.364 e. The van der Waals surface area contributed by atoms with E-state index in [-0.39, 0.29) is 11.5 Å². The van der Waals surface area contributed by atoms with Crippen molar-refractivity contribution in [2.75, 3.05) is 0 Å². The number of aromatic amines is 1. The van der Waals surface area contributed by atoms with E-state index in [1.807, 2.05) is 18.3 Å². The van der Waals surface area contributed by atoms with Gasteiger partial charge in [-0.3, -0.25) is 0 Å². The average Bonchev–Trinajstić information content (AvgIpc) is 2.34. The Labute approximate surface area is 67.8 Å². The van der Waals surface area contributed by atoms with Crippen LogP contribution in [0.2, 0.25) is 0 Å². The Kier molecular flexibility index (Phi) is 2.05. The maximum absolute atomic E-state index is 5.99. The fourth-order valence-electron chi connectivity index (χ4n) is 1.00. The third-order valence-electron chi connectivity index (χ3n) is 1.89. The van der Waals surface area contributed by atoms with E-state index in [9.17, 15) is 0 Å². The molecular weight excluding hydrogens is 136 g/mol. The molecule has 1 heterocycles. The summed E-state index contributed by atoms with van der Waals surface area (Å²) in [7, 11) is 0. The number of nitrogens with two attached hydrogens (primary N) is 1. The van der Waals surface area contributed by atoms with E-state index >= 15 is 0 Å². The maximum atomic E-state index is 5.99. The highest BCUT2D eigenvalue weighted by Gasteiger charge is 2.22. The van der Waals surface area contributed by atoms with Crippen molar-refractivity contribution < 1.29 is 0 Å². The first-order valence-electron chi connectivity index (χ1n) is 3.90. The summed E-state index contributed by atoms with van der Waals surface area (Å²) in [4.78, 5) is 3.12. The molecule has 0 aromatic carbocycles. The SMILES string of the molecule is CC(C)(C)[C@H](N)c1ccc[nH]1. The van der Waals surface area contributed by atoms with Crippen molar-refractivity contribution in [3.63, 3.8) is 0 Å².